The van der Waals surface area contributed by atoms with Crippen molar-refractivity contribution in [2.75, 3.05) is 13.2 Å². The summed E-state index contributed by atoms with van der Waals surface area (Å²) in [7, 11) is 0. The third-order valence-electron chi connectivity index (χ3n) is 4.19. The Balaban J connectivity index is 2.11. The maximum Gasteiger partial charge on any atom is 0.135 e. The fraction of sp³-hybridized carbons (Fsp3) is 0.769. The zero-order chi connectivity index (χ0) is 12.3. The highest BCUT2D eigenvalue weighted by Crippen LogP contribution is 2.45. The van der Waals surface area contributed by atoms with Gasteiger partial charge in [-0.1, -0.05) is 13.8 Å². The van der Waals surface area contributed by atoms with E-state index in [1.54, 1.807) is 0 Å². The standard InChI is InChI=1S/C13H20N2O2/c1-9(2)12(4)11-10(3)5-14-15(11)6-13(17-12)7-16-8-13/h5,9H,6-8H2,1-4H3. The molecule has 17 heavy (non-hydrogen) atoms. The lowest BCUT2D eigenvalue weighted by Crippen LogP contribution is -2.62. The predicted molar refractivity (Wildman–Crippen MR) is 63.8 cm³/mol. The lowest BCUT2D eigenvalue weighted by Gasteiger charge is -2.52. The van der Waals surface area contributed by atoms with Crippen LogP contribution < -0.4 is 0 Å². The van der Waals surface area contributed by atoms with Gasteiger partial charge in [0.1, 0.15) is 11.2 Å². The number of nitrogens with zero attached hydrogens (tertiary/aromatic N) is 2. The van der Waals surface area contributed by atoms with E-state index in [2.05, 4.69) is 37.5 Å². The number of hydrogen-bond acceptors (Lipinski definition) is 3. The molecule has 2 aliphatic heterocycles. The van der Waals surface area contributed by atoms with Crippen LogP contribution in [0.5, 0.6) is 0 Å². The van der Waals surface area contributed by atoms with E-state index in [9.17, 15) is 0 Å². The summed E-state index contributed by atoms with van der Waals surface area (Å²) in [6.07, 6.45) is 1.94. The normalized spacial score (nSPS) is 30.4. The second-order valence-corrected chi connectivity index (χ2v) is 5.87. The van der Waals surface area contributed by atoms with Crippen LogP contribution in [0, 0.1) is 12.8 Å². The van der Waals surface area contributed by atoms with E-state index in [0.717, 1.165) is 6.54 Å². The third-order valence-corrected chi connectivity index (χ3v) is 4.19. The van der Waals surface area contributed by atoms with Gasteiger partial charge in [-0.05, 0) is 25.3 Å². The van der Waals surface area contributed by atoms with Crippen molar-refractivity contribution in [3.8, 4) is 0 Å². The summed E-state index contributed by atoms with van der Waals surface area (Å²) in [5.41, 5.74) is 2.04. The van der Waals surface area contributed by atoms with Crippen molar-refractivity contribution in [2.24, 2.45) is 5.92 Å². The molecule has 4 nitrogen and oxygen atoms in total. The van der Waals surface area contributed by atoms with Gasteiger partial charge >= 0.3 is 0 Å². The molecule has 1 fully saturated rings. The first-order valence-corrected chi connectivity index (χ1v) is 6.28. The Morgan fingerprint density at radius 2 is 2.12 bits per heavy atom. The molecule has 94 valence electrons. The summed E-state index contributed by atoms with van der Waals surface area (Å²) >= 11 is 0. The Morgan fingerprint density at radius 3 is 2.65 bits per heavy atom. The molecule has 0 saturated carbocycles. The Hall–Kier alpha value is -0.870. The molecule has 0 aromatic carbocycles. The SMILES string of the molecule is Cc1cnn2c1C(C)(C(C)C)OC1(COC1)C2. The quantitative estimate of drug-likeness (QED) is 0.746. The minimum absolute atomic E-state index is 0.148. The summed E-state index contributed by atoms with van der Waals surface area (Å²) in [4.78, 5) is 0. The van der Waals surface area contributed by atoms with E-state index in [-0.39, 0.29) is 11.2 Å². The van der Waals surface area contributed by atoms with Crippen molar-refractivity contribution >= 4 is 0 Å². The van der Waals surface area contributed by atoms with E-state index >= 15 is 0 Å². The Labute approximate surface area is 102 Å². The molecule has 0 aliphatic carbocycles. The summed E-state index contributed by atoms with van der Waals surface area (Å²) < 4.78 is 13.9. The molecule has 0 radical (unpaired) electrons. The van der Waals surface area contributed by atoms with E-state index in [4.69, 9.17) is 9.47 Å². The van der Waals surface area contributed by atoms with Crippen LogP contribution in [0.3, 0.4) is 0 Å². The molecule has 1 atom stereocenters. The van der Waals surface area contributed by atoms with Crippen LogP contribution in [-0.2, 0) is 21.6 Å². The molecule has 1 saturated heterocycles. The molecule has 3 heterocycles. The fourth-order valence-corrected chi connectivity index (χ4v) is 2.92. The zero-order valence-electron chi connectivity index (χ0n) is 11.0. The minimum Gasteiger partial charge on any atom is -0.375 e. The van der Waals surface area contributed by atoms with Gasteiger partial charge in [-0.15, -0.1) is 0 Å². The Bertz CT molecular complexity index is 448. The average molecular weight is 236 g/mol. The lowest BCUT2D eigenvalue weighted by atomic mass is 9.83. The van der Waals surface area contributed by atoms with Crippen LogP contribution in [-0.4, -0.2) is 28.6 Å². The van der Waals surface area contributed by atoms with Crippen molar-refractivity contribution in [3.63, 3.8) is 0 Å². The van der Waals surface area contributed by atoms with Crippen molar-refractivity contribution in [1.82, 2.24) is 9.78 Å². The highest BCUT2D eigenvalue weighted by atomic mass is 16.6. The zero-order valence-corrected chi connectivity index (χ0v) is 11.0. The van der Waals surface area contributed by atoms with Crippen LogP contribution in [0.1, 0.15) is 32.0 Å². The van der Waals surface area contributed by atoms with Crippen molar-refractivity contribution in [3.05, 3.63) is 17.5 Å². The largest absolute Gasteiger partial charge is 0.375 e. The smallest absolute Gasteiger partial charge is 0.135 e. The molecule has 2 aliphatic rings. The van der Waals surface area contributed by atoms with Crippen LogP contribution >= 0.6 is 0 Å². The molecule has 1 aromatic rings. The first-order chi connectivity index (χ1) is 7.97. The fourth-order valence-electron chi connectivity index (χ4n) is 2.92. The monoisotopic (exact) mass is 236 g/mol. The molecule has 4 heteroatoms. The first kappa shape index (κ1) is 11.2. The highest BCUT2D eigenvalue weighted by Gasteiger charge is 2.53. The summed E-state index contributed by atoms with van der Waals surface area (Å²) in [6, 6.07) is 0. The van der Waals surface area contributed by atoms with E-state index in [1.807, 2.05) is 6.20 Å². The Morgan fingerprint density at radius 1 is 1.41 bits per heavy atom. The highest BCUT2D eigenvalue weighted by molar-refractivity contribution is 5.26. The minimum atomic E-state index is -0.261. The van der Waals surface area contributed by atoms with E-state index in [1.165, 1.54) is 11.3 Å². The van der Waals surface area contributed by atoms with Gasteiger partial charge in [-0.3, -0.25) is 4.68 Å². The second-order valence-electron chi connectivity index (χ2n) is 5.87. The van der Waals surface area contributed by atoms with Gasteiger partial charge in [0, 0.05) is 0 Å². The molecule has 1 spiro atoms. The Kier molecular flexibility index (Phi) is 2.20. The molecule has 0 bridgehead atoms. The summed E-state index contributed by atoms with van der Waals surface area (Å²) in [5.74, 6) is 0.412. The number of ether oxygens (including phenoxy) is 2. The molecule has 3 rings (SSSR count). The molecule has 0 amide bonds. The number of rotatable bonds is 1. The van der Waals surface area contributed by atoms with E-state index in [0.29, 0.717) is 19.1 Å². The van der Waals surface area contributed by atoms with Gasteiger partial charge in [-0.25, -0.2) is 0 Å². The van der Waals surface area contributed by atoms with Crippen LogP contribution in [0.2, 0.25) is 0 Å². The van der Waals surface area contributed by atoms with Gasteiger partial charge in [0.05, 0.1) is 31.6 Å². The number of aryl methyl sites for hydroxylation is 1. The molecular formula is C13H20N2O2. The van der Waals surface area contributed by atoms with Crippen molar-refractivity contribution in [2.45, 2.75) is 45.4 Å². The molecule has 0 N–H and O–H groups in total. The van der Waals surface area contributed by atoms with Gasteiger partial charge in [-0.2, -0.15) is 5.10 Å². The number of hydrogen-bond donors (Lipinski definition) is 0. The first-order valence-electron chi connectivity index (χ1n) is 6.28. The summed E-state index contributed by atoms with van der Waals surface area (Å²) in [6.45, 7) is 10.9. The van der Waals surface area contributed by atoms with Gasteiger partial charge in [0.15, 0.2) is 0 Å². The van der Waals surface area contributed by atoms with Crippen molar-refractivity contribution < 1.29 is 9.47 Å². The van der Waals surface area contributed by atoms with Crippen LogP contribution in [0.25, 0.3) is 0 Å². The van der Waals surface area contributed by atoms with Crippen LogP contribution in [0.4, 0.5) is 0 Å². The molecule has 1 aromatic heterocycles. The number of fused-ring (bicyclic) bond motifs is 1. The van der Waals surface area contributed by atoms with Crippen molar-refractivity contribution in [1.29, 1.82) is 0 Å². The second kappa shape index (κ2) is 3.33. The lowest BCUT2D eigenvalue weighted by molar-refractivity contribution is -0.292. The van der Waals surface area contributed by atoms with Gasteiger partial charge in [0.2, 0.25) is 0 Å². The molecule has 1 unspecified atom stereocenters. The van der Waals surface area contributed by atoms with Gasteiger partial charge in [0.25, 0.3) is 0 Å². The topological polar surface area (TPSA) is 36.3 Å². The van der Waals surface area contributed by atoms with Crippen LogP contribution in [0.15, 0.2) is 6.20 Å². The van der Waals surface area contributed by atoms with Gasteiger partial charge < -0.3 is 9.47 Å². The maximum atomic E-state index is 6.44. The van der Waals surface area contributed by atoms with E-state index < -0.39 is 0 Å². The molecular weight excluding hydrogens is 216 g/mol. The number of aromatic nitrogens is 2. The summed E-state index contributed by atoms with van der Waals surface area (Å²) in [5, 5.41) is 4.49. The predicted octanol–water partition coefficient (Wildman–Crippen LogP) is 1.86. The third kappa shape index (κ3) is 1.40. The maximum absolute atomic E-state index is 6.44. The average Bonchev–Trinajstić information content (AvgIpc) is 2.58.